The molecule has 1 aromatic heterocycles. The molecular weight excluding hydrogens is 254 g/mol. The molecule has 2 rings (SSSR count). The fourth-order valence-corrected chi connectivity index (χ4v) is 1.72. The number of aryl methyl sites for hydroxylation is 1. The zero-order valence-corrected chi connectivity index (χ0v) is 11.4. The molecule has 5 nitrogen and oxygen atoms in total. The fourth-order valence-electron chi connectivity index (χ4n) is 1.72. The summed E-state index contributed by atoms with van der Waals surface area (Å²) in [6, 6.07) is 8.54. The van der Waals surface area contributed by atoms with Crippen molar-refractivity contribution in [3.05, 3.63) is 53.9 Å². The number of aromatic nitrogens is 1. The molecule has 0 aliphatic heterocycles. The van der Waals surface area contributed by atoms with Crippen molar-refractivity contribution in [3.8, 4) is 0 Å². The minimum Gasteiger partial charge on any atom is -0.389 e. The van der Waals surface area contributed by atoms with Crippen LogP contribution in [-0.2, 0) is 0 Å². The van der Waals surface area contributed by atoms with E-state index in [1.165, 1.54) is 0 Å². The molecule has 0 radical (unpaired) electrons. The lowest BCUT2D eigenvalue weighted by Gasteiger charge is -2.10. The van der Waals surface area contributed by atoms with Gasteiger partial charge < -0.3 is 15.7 Å². The van der Waals surface area contributed by atoms with Gasteiger partial charge in [0.05, 0.1) is 18.0 Å². The molecule has 0 spiro atoms. The van der Waals surface area contributed by atoms with Crippen LogP contribution in [0.2, 0.25) is 0 Å². The molecule has 1 aromatic carbocycles. The smallest absolute Gasteiger partial charge is 0.323 e. The molecule has 104 valence electrons. The summed E-state index contributed by atoms with van der Waals surface area (Å²) in [5, 5.41) is 14.9. The van der Waals surface area contributed by atoms with Crippen LogP contribution in [0.15, 0.2) is 42.7 Å². The molecule has 2 amide bonds. The Morgan fingerprint density at radius 2 is 1.90 bits per heavy atom. The van der Waals surface area contributed by atoms with Crippen LogP contribution >= 0.6 is 0 Å². The van der Waals surface area contributed by atoms with E-state index < -0.39 is 6.10 Å². The van der Waals surface area contributed by atoms with Crippen LogP contribution in [0.3, 0.4) is 0 Å². The molecule has 0 saturated carbocycles. The van der Waals surface area contributed by atoms with Crippen molar-refractivity contribution in [2.75, 3.05) is 10.6 Å². The van der Waals surface area contributed by atoms with Crippen LogP contribution in [0.4, 0.5) is 16.2 Å². The number of benzene rings is 1. The second-order valence-corrected chi connectivity index (χ2v) is 4.57. The number of nitrogens with one attached hydrogen (secondary N) is 2. The van der Waals surface area contributed by atoms with Crippen molar-refractivity contribution >= 4 is 17.4 Å². The summed E-state index contributed by atoms with van der Waals surface area (Å²) < 4.78 is 0. The second kappa shape index (κ2) is 6.16. The Labute approximate surface area is 117 Å². The molecular formula is C15H17N3O2. The number of anilines is 2. The van der Waals surface area contributed by atoms with Gasteiger partial charge in [0.2, 0.25) is 0 Å². The van der Waals surface area contributed by atoms with E-state index in [1.54, 1.807) is 43.6 Å². The third-order valence-electron chi connectivity index (χ3n) is 2.94. The number of hydrogen-bond acceptors (Lipinski definition) is 3. The number of carbonyl (C=O) groups is 1. The van der Waals surface area contributed by atoms with Gasteiger partial charge in [0.15, 0.2) is 0 Å². The van der Waals surface area contributed by atoms with Gasteiger partial charge in [-0.25, -0.2) is 4.79 Å². The van der Waals surface area contributed by atoms with E-state index in [9.17, 15) is 9.90 Å². The zero-order chi connectivity index (χ0) is 14.5. The summed E-state index contributed by atoms with van der Waals surface area (Å²) in [4.78, 5) is 15.8. The number of carbonyl (C=O) groups excluding carboxylic acids is 1. The van der Waals surface area contributed by atoms with Crippen LogP contribution in [0.25, 0.3) is 0 Å². The molecule has 0 aliphatic rings. The fraction of sp³-hybridized carbons (Fsp3) is 0.200. The SMILES string of the molecule is Cc1ccncc1NC(=O)Nc1ccc(C(C)O)cc1. The molecule has 2 aromatic rings. The average Bonchev–Trinajstić information content (AvgIpc) is 2.42. The van der Waals surface area contributed by atoms with Crippen LogP contribution in [0, 0.1) is 6.92 Å². The Balaban J connectivity index is 1.99. The van der Waals surface area contributed by atoms with E-state index in [1.807, 2.05) is 13.0 Å². The molecule has 1 unspecified atom stereocenters. The van der Waals surface area contributed by atoms with Crippen LogP contribution < -0.4 is 10.6 Å². The molecule has 3 N–H and O–H groups in total. The summed E-state index contributed by atoms with van der Waals surface area (Å²) in [7, 11) is 0. The molecule has 5 heteroatoms. The summed E-state index contributed by atoms with van der Waals surface area (Å²) in [6.45, 7) is 3.59. The van der Waals surface area contributed by atoms with Crippen molar-refractivity contribution in [1.82, 2.24) is 4.98 Å². The van der Waals surface area contributed by atoms with Crippen molar-refractivity contribution in [3.63, 3.8) is 0 Å². The van der Waals surface area contributed by atoms with Gasteiger partial charge in [0, 0.05) is 11.9 Å². The molecule has 0 fully saturated rings. The highest BCUT2D eigenvalue weighted by Gasteiger charge is 2.05. The van der Waals surface area contributed by atoms with Gasteiger partial charge in [-0.1, -0.05) is 12.1 Å². The Morgan fingerprint density at radius 3 is 2.50 bits per heavy atom. The Morgan fingerprint density at radius 1 is 1.20 bits per heavy atom. The van der Waals surface area contributed by atoms with Gasteiger partial charge >= 0.3 is 6.03 Å². The predicted molar refractivity (Wildman–Crippen MR) is 78.7 cm³/mol. The van der Waals surface area contributed by atoms with Gasteiger partial charge in [-0.3, -0.25) is 4.98 Å². The lowest BCUT2D eigenvalue weighted by molar-refractivity contribution is 0.199. The molecule has 1 heterocycles. The normalized spacial score (nSPS) is 11.8. The molecule has 0 saturated heterocycles. The number of aliphatic hydroxyl groups excluding tert-OH is 1. The number of rotatable bonds is 3. The summed E-state index contributed by atoms with van der Waals surface area (Å²) in [5.74, 6) is 0. The highest BCUT2D eigenvalue weighted by molar-refractivity contribution is 6.00. The summed E-state index contributed by atoms with van der Waals surface area (Å²) in [6.07, 6.45) is 2.76. The van der Waals surface area contributed by atoms with Crippen LogP contribution in [0.5, 0.6) is 0 Å². The first kappa shape index (κ1) is 14.0. The zero-order valence-electron chi connectivity index (χ0n) is 11.4. The number of pyridine rings is 1. The first-order valence-corrected chi connectivity index (χ1v) is 6.33. The standard InChI is InChI=1S/C15H17N3O2/c1-10-7-8-16-9-14(10)18-15(20)17-13-5-3-12(4-6-13)11(2)19/h3-9,11,19H,1-2H3,(H2,17,18,20). The highest BCUT2D eigenvalue weighted by Crippen LogP contribution is 2.16. The van der Waals surface area contributed by atoms with E-state index in [0.29, 0.717) is 11.4 Å². The lowest BCUT2D eigenvalue weighted by atomic mass is 10.1. The van der Waals surface area contributed by atoms with Gasteiger partial charge in [-0.2, -0.15) is 0 Å². The topological polar surface area (TPSA) is 74.2 Å². The third kappa shape index (κ3) is 3.55. The van der Waals surface area contributed by atoms with E-state index in [4.69, 9.17) is 0 Å². The van der Waals surface area contributed by atoms with E-state index >= 15 is 0 Å². The van der Waals surface area contributed by atoms with E-state index in [0.717, 1.165) is 11.1 Å². The van der Waals surface area contributed by atoms with Gasteiger partial charge in [0.25, 0.3) is 0 Å². The Hall–Kier alpha value is -2.40. The van der Waals surface area contributed by atoms with Gasteiger partial charge in [-0.15, -0.1) is 0 Å². The summed E-state index contributed by atoms with van der Waals surface area (Å²) in [5.41, 5.74) is 3.08. The second-order valence-electron chi connectivity index (χ2n) is 4.57. The number of urea groups is 1. The van der Waals surface area contributed by atoms with Crippen LogP contribution in [-0.4, -0.2) is 16.1 Å². The lowest BCUT2D eigenvalue weighted by Crippen LogP contribution is -2.20. The first-order chi connectivity index (χ1) is 9.56. The highest BCUT2D eigenvalue weighted by atomic mass is 16.3. The largest absolute Gasteiger partial charge is 0.389 e. The molecule has 20 heavy (non-hydrogen) atoms. The van der Waals surface area contributed by atoms with Gasteiger partial charge in [0.1, 0.15) is 0 Å². The number of amides is 2. The molecule has 0 bridgehead atoms. The number of hydrogen-bond donors (Lipinski definition) is 3. The predicted octanol–water partition coefficient (Wildman–Crippen LogP) is 3.09. The van der Waals surface area contributed by atoms with Crippen LogP contribution in [0.1, 0.15) is 24.2 Å². The third-order valence-corrected chi connectivity index (χ3v) is 2.94. The summed E-state index contributed by atoms with van der Waals surface area (Å²) >= 11 is 0. The number of nitrogens with zero attached hydrogens (tertiary/aromatic N) is 1. The monoisotopic (exact) mass is 271 g/mol. The van der Waals surface area contributed by atoms with Crippen molar-refractivity contribution in [2.45, 2.75) is 20.0 Å². The number of aliphatic hydroxyl groups is 1. The van der Waals surface area contributed by atoms with Crippen molar-refractivity contribution < 1.29 is 9.90 Å². The minimum absolute atomic E-state index is 0.328. The van der Waals surface area contributed by atoms with E-state index in [-0.39, 0.29) is 6.03 Å². The minimum atomic E-state index is -0.518. The maximum atomic E-state index is 11.9. The quantitative estimate of drug-likeness (QED) is 0.803. The van der Waals surface area contributed by atoms with Gasteiger partial charge in [-0.05, 0) is 43.2 Å². The average molecular weight is 271 g/mol. The van der Waals surface area contributed by atoms with Crippen molar-refractivity contribution in [1.29, 1.82) is 0 Å². The maximum Gasteiger partial charge on any atom is 0.323 e. The Bertz CT molecular complexity index is 594. The first-order valence-electron chi connectivity index (χ1n) is 6.33. The van der Waals surface area contributed by atoms with E-state index in [2.05, 4.69) is 15.6 Å². The Kier molecular flexibility index (Phi) is 4.32. The van der Waals surface area contributed by atoms with Crippen molar-refractivity contribution in [2.24, 2.45) is 0 Å². The molecule has 1 atom stereocenters. The maximum absolute atomic E-state index is 11.9. The molecule has 0 aliphatic carbocycles.